The monoisotopic (exact) mass is 331 g/mol. The molecule has 7 heteroatoms. The summed E-state index contributed by atoms with van der Waals surface area (Å²) in [4.78, 5) is 12.0. The number of anilines is 1. The summed E-state index contributed by atoms with van der Waals surface area (Å²) in [5, 5.41) is 17.3. The molecule has 0 amide bonds. The van der Waals surface area contributed by atoms with Crippen molar-refractivity contribution in [1.82, 2.24) is 9.78 Å². The first-order chi connectivity index (χ1) is 9.06. The number of aliphatic hydroxyl groups is 1. The van der Waals surface area contributed by atoms with E-state index >= 15 is 0 Å². The van der Waals surface area contributed by atoms with Gasteiger partial charge in [-0.2, -0.15) is 5.10 Å². The first-order valence-corrected chi connectivity index (χ1v) is 7.15. The first kappa shape index (κ1) is 14.5. The Labute approximate surface area is 119 Å². The van der Waals surface area contributed by atoms with E-state index in [2.05, 4.69) is 26.3 Å². The highest BCUT2D eigenvalue weighted by Crippen LogP contribution is 2.21. The van der Waals surface area contributed by atoms with Crippen LogP contribution in [0.15, 0.2) is 15.5 Å². The predicted molar refractivity (Wildman–Crippen MR) is 75.4 cm³/mol. The van der Waals surface area contributed by atoms with Crippen LogP contribution in [0.1, 0.15) is 19.8 Å². The van der Waals surface area contributed by atoms with Gasteiger partial charge in [-0.15, -0.1) is 0 Å². The SMILES string of the molecule is CCCn1ncc(NCC2(O)CCOC2)c(Br)c1=O. The molecule has 1 saturated heterocycles. The highest BCUT2D eigenvalue weighted by atomic mass is 79.9. The fraction of sp³-hybridized carbons (Fsp3) is 0.667. The van der Waals surface area contributed by atoms with Crippen molar-refractivity contribution in [3.8, 4) is 0 Å². The molecular formula is C12H18BrN3O3. The van der Waals surface area contributed by atoms with Crippen LogP contribution >= 0.6 is 15.9 Å². The summed E-state index contributed by atoms with van der Waals surface area (Å²) in [7, 11) is 0. The van der Waals surface area contributed by atoms with Crippen molar-refractivity contribution in [2.45, 2.75) is 31.9 Å². The van der Waals surface area contributed by atoms with E-state index in [0.717, 1.165) is 6.42 Å². The van der Waals surface area contributed by atoms with Crippen LogP contribution in [0.4, 0.5) is 5.69 Å². The van der Waals surface area contributed by atoms with Crippen molar-refractivity contribution in [1.29, 1.82) is 0 Å². The van der Waals surface area contributed by atoms with E-state index in [1.807, 2.05) is 6.92 Å². The Morgan fingerprint density at radius 1 is 1.68 bits per heavy atom. The van der Waals surface area contributed by atoms with Crippen LogP contribution < -0.4 is 10.9 Å². The summed E-state index contributed by atoms with van der Waals surface area (Å²) in [6.45, 7) is 3.80. The quantitative estimate of drug-likeness (QED) is 0.841. The molecule has 1 fully saturated rings. The van der Waals surface area contributed by atoms with Gasteiger partial charge >= 0.3 is 0 Å². The Morgan fingerprint density at radius 2 is 2.47 bits per heavy atom. The van der Waals surface area contributed by atoms with Gasteiger partial charge in [0, 0.05) is 26.1 Å². The molecule has 1 unspecified atom stereocenters. The Hall–Kier alpha value is -0.920. The minimum absolute atomic E-state index is 0.165. The lowest BCUT2D eigenvalue weighted by Gasteiger charge is -2.21. The Morgan fingerprint density at radius 3 is 3.11 bits per heavy atom. The molecule has 2 heterocycles. The van der Waals surface area contributed by atoms with Gasteiger partial charge < -0.3 is 15.2 Å². The molecule has 0 bridgehead atoms. The minimum atomic E-state index is -0.863. The lowest BCUT2D eigenvalue weighted by molar-refractivity contribution is 0.0382. The average Bonchev–Trinajstić information content (AvgIpc) is 2.82. The number of nitrogens with one attached hydrogen (secondary N) is 1. The number of rotatable bonds is 5. The van der Waals surface area contributed by atoms with Gasteiger partial charge in [-0.25, -0.2) is 4.68 Å². The third kappa shape index (κ3) is 3.34. The van der Waals surface area contributed by atoms with Gasteiger partial charge in [0.2, 0.25) is 0 Å². The molecule has 0 aromatic carbocycles. The number of nitrogens with zero attached hydrogens (tertiary/aromatic N) is 2. The molecule has 2 N–H and O–H groups in total. The normalized spacial score (nSPS) is 22.7. The van der Waals surface area contributed by atoms with E-state index in [0.29, 0.717) is 42.9 Å². The molecule has 1 aliphatic rings. The molecule has 0 spiro atoms. The zero-order valence-corrected chi connectivity index (χ0v) is 12.4. The van der Waals surface area contributed by atoms with Crippen molar-refractivity contribution in [3.05, 3.63) is 21.0 Å². The van der Waals surface area contributed by atoms with Crippen LogP contribution in [0.5, 0.6) is 0 Å². The molecule has 2 rings (SSSR count). The van der Waals surface area contributed by atoms with Gasteiger partial charge in [0.05, 0.1) is 18.5 Å². The molecule has 19 heavy (non-hydrogen) atoms. The molecule has 6 nitrogen and oxygen atoms in total. The molecule has 1 aromatic heterocycles. The summed E-state index contributed by atoms with van der Waals surface area (Å²) in [5.74, 6) is 0. The Balaban J connectivity index is 2.09. The molecule has 0 saturated carbocycles. The number of hydrogen-bond acceptors (Lipinski definition) is 5. The van der Waals surface area contributed by atoms with Crippen molar-refractivity contribution >= 4 is 21.6 Å². The molecule has 0 aliphatic carbocycles. The van der Waals surface area contributed by atoms with Gasteiger partial charge in [-0.3, -0.25) is 4.79 Å². The van der Waals surface area contributed by atoms with Crippen LogP contribution in [0.2, 0.25) is 0 Å². The molecule has 1 aromatic rings. The predicted octanol–water partition coefficient (Wildman–Crippen LogP) is 0.979. The smallest absolute Gasteiger partial charge is 0.283 e. The van der Waals surface area contributed by atoms with E-state index in [-0.39, 0.29) is 5.56 Å². The van der Waals surface area contributed by atoms with Crippen molar-refractivity contribution in [2.24, 2.45) is 0 Å². The summed E-state index contributed by atoms with van der Waals surface area (Å²) >= 11 is 3.28. The summed E-state index contributed by atoms with van der Waals surface area (Å²) in [6, 6.07) is 0. The average molecular weight is 332 g/mol. The molecular weight excluding hydrogens is 314 g/mol. The van der Waals surface area contributed by atoms with Crippen LogP contribution in [0.25, 0.3) is 0 Å². The van der Waals surface area contributed by atoms with E-state index in [1.165, 1.54) is 4.68 Å². The second-order valence-corrected chi connectivity index (χ2v) is 5.57. The van der Waals surface area contributed by atoms with E-state index < -0.39 is 5.60 Å². The van der Waals surface area contributed by atoms with Gasteiger partial charge in [-0.05, 0) is 22.4 Å². The topological polar surface area (TPSA) is 76.4 Å². The van der Waals surface area contributed by atoms with E-state index in [4.69, 9.17) is 4.74 Å². The van der Waals surface area contributed by atoms with Crippen molar-refractivity contribution in [3.63, 3.8) is 0 Å². The minimum Gasteiger partial charge on any atom is -0.386 e. The Kier molecular flexibility index (Phi) is 4.59. The number of halogens is 1. The van der Waals surface area contributed by atoms with E-state index in [9.17, 15) is 9.90 Å². The van der Waals surface area contributed by atoms with E-state index in [1.54, 1.807) is 6.20 Å². The fourth-order valence-electron chi connectivity index (χ4n) is 1.96. The van der Waals surface area contributed by atoms with Gasteiger partial charge in [-0.1, -0.05) is 6.92 Å². The maximum absolute atomic E-state index is 12.0. The molecule has 0 radical (unpaired) electrons. The number of hydrogen-bond donors (Lipinski definition) is 2. The maximum Gasteiger partial charge on any atom is 0.283 e. The second-order valence-electron chi connectivity index (χ2n) is 4.78. The standard InChI is InChI=1S/C12H18BrN3O3/c1-2-4-16-11(17)10(13)9(6-15-16)14-7-12(18)3-5-19-8-12/h6,14,18H,2-5,7-8H2,1H3. The fourth-order valence-corrected chi connectivity index (χ4v) is 2.40. The molecule has 1 atom stereocenters. The molecule has 106 valence electrons. The second kappa shape index (κ2) is 6.02. The lowest BCUT2D eigenvalue weighted by atomic mass is 10.0. The van der Waals surface area contributed by atoms with Gasteiger partial charge in [0.15, 0.2) is 0 Å². The van der Waals surface area contributed by atoms with Crippen molar-refractivity contribution < 1.29 is 9.84 Å². The third-order valence-corrected chi connectivity index (χ3v) is 3.88. The lowest BCUT2D eigenvalue weighted by Crippen LogP contribution is -2.37. The maximum atomic E-state index is 12.0. The summed E-state index contributed by atoms with van der Waals surface area (Å²) in [6.07, 6.45) is 3.04. The third-order valence-electron chi connectivity index (χ3n) is 3.11. The van der Waals surface area contributed by atoms with Gasteiger partial charge in [0.25, 0.3) is 5.56 Å². The van der Waals surface area contributed by atoms with Crippen LogP contribution in [-0.2, 0) is 11.3 Å². The number of ether oxygens (including phenoxy) is 1. The van der Waals surface area contributed by atoms with Gasteiger partial charge in [0.1, 0.15) is 10.1 Å². The number of aromatic nitrogens is 2. The highest BCUT2D eigenvalue weighted by Gasteiger charge is 2.32. The molecule has 1 aliphatic heterocycles. The largest absolute Gasteiger partial charge is 0.386 e. The van der Waals surface area contributed by atoms with Crippen molar-refractivity contribution in [2.75, 3.05) is 25.1 Å². The van der Waals surface area contributed by atoms with Crippen LogP contribution in [0, 0.1) is 0 Å². The van der Waals surface area contributed by atoms with Crippen LogP contribution in [0.3, 0.4) is 0 Å². The number of aryl methyl sites for hydroxylation is 1. The zero-order chi connectivity index (χ0) is 13.9. The summed E-state index contributed by atoms with van der Waals surface area (Å²) < 4.78 is 7.03. The Bertz CT molecular complexity index is 497. The summed E-state index contributed by atoms with van der Waals surface area (Å²) in [5.41, 5.74) is -0.434. The zero-order valence-electron chi connectivity index (χ0n) is 10.9. The first-order valence-electron chi connectivity index (χ1n) is 6.35. The highest BCUT2D eigenvalue weighted by molar-refractivity contribution is 9.10. The van der Waals surface area contributed by atoms with Crippen LogP contribution in [-0.4, -0.2) is 40.2 Å².